The largest absolute Gasteiger partial charge is 0.426 e. The smallest absolute Gasteiger partial charge is 0.373 e. The molecule has 0 saturated carbocycles. The second-order valence-corrected chi connectivity index (χ2v) is 11.3. The van der Waals surface area contributed by atoms with E-state index in [0.717, 1.165) is 0 Å². The summed E-state index contributed by atoms with van der Waals surface area (Å²) in [5, 5.41) is 9.62. The minimum Gasteiger partial charge on any atom is -0.373 e. The molecular weight excluding hydrogens is 426 g/mol. The number of aliphatic hydroxyl groups is 1. The van der Waals surface area contributed by atoms with Crippen LogP contribution < -0.4 is 0 Å². The highest BCUT2D eigenvalue weighted by Crippen LogP contribution is 2.58. The maximum Gasteiger partial charge on any atom is 0.426 e. The Bertz CT molecular complexity index is 697. The van der Waals surface area contributed by atoms with Crippen molar-refractivity contribution in [2.75, 3.05) is 0 Å². The van der Waals surface area contributed by atoms with Crippen molar-refractivity contribution in [3.63, 3.8) is 0 Å². The summed E-state index contributed by atoms with van der Waals surface area (Å²) in [5.41, 5.74) is -6.96. The van der Waals surface area contributed by atoms with E-state index >= 15 is 0 Å². The van der Waals surface area contributed by atoms with Gasteiger partial charge in [-0.25, -0.2) is 0 Å². The van der Waals surface area contributed by atoms with Crippen LogP contribution in [0.15, 0.2) is 0 Å². The zero-order valence-corrected chi connectivity index (χ0v) is 18.4. The molecule has 3 atom stereocenters. The van der Waals surface area contributed by atoms with Crippen LogP contribution in [0.1, 0.15) is 67.7 Å². The third-order valence-electron chi connectivity index (χ3n) is 7.22. The Morgan fingerprint density at radius 1 is 0.966 bits per heavy atom. The fourth-order valence-electron chi connectivity index (χ4n) is 4.11. The number of halogens is 6. The van der Waals surface area contributed by atoms with Crippen LogP contribution in [0, 0.1) is 17.3 Å². The summed E-state index contributed by atoms with van der Waals surface area (Å²) in [7, 11) is -4.14. The lowest BCUT2D eigenvalue weighted by molar-refractivity contribution is -0.384. The number of rotatable bonds is 6. The van der Waals surface area contributed by atoms with Gasteiger partial charge in [0, 0.05) is 11.3 Å². The van der Waals surface area contributed by atoms with Gasteiger partial charge in [-0.1, -0.05) is 34.1 Å². The van der Waals surface area contributed by atoms with Crippen molar-refractivity contribution < 1.29 is 44.0 Å². The molecular formula is C18H30F6O4S. The van der Waals surface area contributed by atoms with Crippen molar-refractivity contribution >= 4 is 10.1 Å². The van der Waals surface area contributed by atoms with E-state index in [2.05, 4.69) is 0 Å². The predicted molar refractivity (Wildman–Crippen MR) is 95.5 cm³/mol. The highest BCUT2D eigenvalue weighted by Gasteiger charge is 2.73. The van der Waals surface area contributed by atoms with E-state index in [9.17, 15) is 39.9 Å². The first kappa shape index (κ1) is 26.5. The average molecular weight is 456 g/mol. The van der Waals surface area contributed by atoms with Crippen molar-refractivity contribution in [2.24, 2.45) is 17.3 Å². The summed E-state index contributed by atoms with van der Waals surface area (Å²) in [4.78, 5) is 0. The van der Waals surface area contributed by atoms with E-state index in [1.807, 2.05) is 0 Å². The maximum atomic E-state index is 13.1. The van der Waals surface area contributed by atoms with Crippen LogP contribution in [0.5, 0.6) is 0 Å². The minimum absolute atomic E-state index is 0.137. The third-order valence-corrected chi connectivity index (χ3v) is 9.63. The molecule has 0 spiro atoms. The molecule has 174 valence electrons. The van der Waals surface area contributed by atoms with Gasteiger partial charge < -0.3 is 5.11 Å². The van der Waals surface area contributed by atoms with Gasteiger partial charge >= 0.3 is 12.4 Å². The van der Waals surface area contributed by atoms with Crippen LogP contribution in [0.25, 0.3) is 0 Å². The van der Waals surface area contributed by atoms with Crippen LogP contribution in [0.2, 0.25) is 0 Å². The van der Waals surface area contributed by atoms with Gasteiger partial charge in [0.2, 0.25) is 0 Å². The maximum absolute atomic E-state index is 13.1. The van der Waals surface area contributed by atoms with Gasteiger partial charge in [-0.15, -0.1) is 0 Å². The van der Waals surface area contributed by atoms with E-state index in [0.29, 0.717) is 6.92 Å². The zero-order valence-electron chi connectivity index (χ0n) is 17.6. The van der Waals surface area contributed by atoms with Gasteiger partial charge in [-0.05, 0) is 39.5 Å². The molecule has 0 aromatic carbocycles. The predicted octanol–water partition coefficient (Wildman–Crippen LogP) is 5.21. The Kier molecular flexibility index (Phi) is 6.63. The highest BCUT2D eigenvalue weighted by molar-refractivity contribution is 7.88. The normalized spacial score (nSPS) is 28.9. The van der Waals surface area contributed by atoms with Gasteiger partial charge in [0.15, 0.2) is 0 Å². The van der Waals surface area contributed by atoms with E-state index < -0.39 is 62.1 Å². The van der Waals surface area contributed by atoms with Crippen LogP contribution >= 0.6 is 0 Å². The molecule has 0 aromatic heterocycles. The van der Waals surface area contributed by atoms with E-state index in [-0.39, 0.29) is 12.8 Å². The van der Waals surface area contributed by atoms with Gasteiger partial charge in [-0.3, -0.25) is 4.18 Å². The van der Waals surface area contributed by atoms with Gasteiger partial charge in [-0.2, -0.15) is 34.8 Å². The molecule has 1 rings (SSSR count). The van der Waals surface area contributed by atoms with Crippen LogP contribution in [-0.4, -0.2) is 41.8 Å². The Morgan fingerprint density at radius 3 is 1.66 bits per heavy atom. The van der Waals surface area contributed by atoms with E-state index in [4.69, 9.17) is 4.18 Å². The van der Waals surface area contributed by atoms with Crippen LogP contribution in [-0.2, 0) is 14.3 Å². The molecule has 0 radical (unpaired) electrons. The fraction of sp³-hybridized carbons (Fsp3) is 1.00. The summed E-state index contributed by atoms with van der Waals surface area (Å²) >= 11 is 0. The monoisotopic (exact) mass is 456 g/mol. The van der Waals surface area contributed by atoms with E-state index in [1.165, 1.54) is 6.92 Å². The molecule has 4 nitrogen and oxygen atoms in total. The molecule has 0 amide bonds. The van der Waals surface area contributed by atoms with Crippen LogP contribution in [0.4, 0.5) is 26.3 Å². The van der Waals surface area contributed by atoms with Crippen LogP contribution in [0.3, 0.4) is 0 Å². The first-order chi connectivity index (χ1) is 12.5. The molecule has 1 heterocycles. The molecule has 3 unspecified atom stereocenters. The molecule has 1 N–H and O–H groups in total. The number of hydrogen-bond donors (Lipinski definition) is 1. The van der Waals surface area contributed by atoms with E-state index in [1.54, 1.807) is 34.6 Å². The minimum atomic E-state index is -5.92. The lowest BCUT2D eigenvalue weighted by Gasteiger charge is -2.43. The fourth-order valence-corrected chi connectivity index (χ4v) is 6.36. The van der Waals surface area contributed by atoms with Crippen molar-refractivity contribution in [1.82, 2.24) is 0 Å². The molecule has 29 heavy (non-hydrogen) atoms. The molecule has 0 aliphatic carbocycles. The molecule has 1 saturated heterocycles. The number of hydrogen-bond acceptors (Lipinski definition) is 4. The Hall–Kier alpha value is -0.550. The highest BCUT2D eigenvalue weighted by atomic mass is 32.2. The lowest BCUT2D eigenvalue weighted by Crippen LogP contribution is -2.61. The van der Waals surface area contributed by atoms with Gasteiger partial charge in [0.25, 0.3) is 15.7 Å². The zero-order chi connectivity index (χ0) is 23.5. The standard InChI is InChI=1S/C18H30F6O4S/c1-8-12(9-11(2)16(25,17(19,20)21)18(22,23)24)10-15(7)13(3,4)14(5,6)28-29(15,26)27/h11-12,25H,8-10H2,1-7H3. The molecule has 1 aliphatic rings. The topological polar surface area (TPSA) is 63.6 Å². The van der Waals surface area contributed by atoms with Crippen molar-refractivity contribution in [3.8, 4) is 0 Å². The van der Waals surface area contributed by atoms with Gasteiger partial charge in [0.05, 0.1) is 5.60 Å². The number of alkyl halides is 6. The average Bonchev–Trinajstić information content (AvgIpc) is 2.57. The lowest BCUT2D eigenvalue weighted by atomic mass is 9.64. The Labute approximate surface area is 168 Å². The third kappa shape index (κ3) is 3.91. The first-order valence-electron chi connectivity index (χ1n) is 9.33. The summed E-state index contributed by atoms with van der Waals surface area (Å²) in [6.45, 7) is 10.1. The second kappa shape index (κ2) is 7.25. The summed E-state index contributed by atoms with van der Waals surface area (Å²) in [5.74, 6) is -3.05. The Morgan fingerprint density at radius 2 is 1.38 bits per heavy atom. The van der Waals surface area contributed by atoms with Crippen molar-refractivity contribution in [3.05, 3.63) is 0 Å². The SMILES string of the molecule is CCC(CC(C)C(O)(C(F)(F)F)C(F)(F)F)CC1(C)C(C)(C)C(C)(C)OS1(=O)=O. The molecule has 11 heteroatoms. The summed E-state index contributed by atoms with van der Waals surface area (Å²) in [6, 6.07) is 0. The van der Waals surface area contributed by atoms with Crippen molar-refractivity contribution in [1.29, 1.82) is 0 Å². The summed E-state index contributed by atoms with van der Waals surface area (Å²) < 4.78 is 108. The molecule has 1 aliphatic heterocycles. The molecule has 1 fully saturated rings. The quantitative estimate of drug-likeness (QED) is 0.440. The Balaban J connectivity index is 3.29. The molecule has 0 aromatic rings. The molecule has 0 bridgehead atoms. The van der Waals surface area contributed by atoms with Gasteiger partial charge in [0.1, 0.15) is 4.75 Å². The second-order valence-electron chi connectivity index (χ2n) is 9.28. The first-order valence-corrected chi connectivity index (χ1v) is 10.7. The van der Waals surface area contributed by atoms with Crippen molar-refractivity contribution in [2.45, 2.75) is 96.0 Å². The summed E-state index contributed by atoms with van der Waals surface area (Å²) in [6.07, 6.45) is -12.6.